The van der Waals surface area contributed by atoms with Crippen LogP contribution in [0.4, 0.5) is 5.69 Å². The second kappa shape index (κ2) is 9.01. The lowest BCUT2D eigenvalue weighted by atomic mass is 10.1. The smallest absolute Gasteiger partial charge is 0.330 e. The summed E-state index contributed by atoms with van der Waals surface area (Å²) in [5.74, 6) is -0.497. The number of hydrogen-bond acceptors (Lipinski definition) is 8. The Morgan fingerprint density at radius 2 is 2.07 bits per heavy atom. The zero-order chi connectivity index (χ0) is 21.8. The van der Waals surface area contributed by atoms with Gasteiger partial charge in [-0.3, -0.25) is 29.3 Å². The number of nitro groups is 1. The van der Waals surface area contributed by atoms with Crippen LogP contribution in [0.3, 0.4) is 0 Å². The van der Waals surface area contributed by atoms with Crippen molar-refractivity contribution in [3.05, 3.63) is 67.0 Å². The second-order valence-corrected chi connectivity index (χ2v) is 6.89. The highest BCUT2D eigenvalue weighted by Crippen LogP contribution is 2.29. The number of aliphatic hydroxyl groups excluding tert-OH is 1. The average molecular weight is 419 g/mol. The third kappa shape index (κ3) is 4.81. The molecule has 30 heavy (non-hydrogen) atoms. The molecule has 1 aromatic carbocycles. The number of nitrogens with zero attached hydrogens (tertiary/aromatic N) is 2. The predicted octanol–water partition coefficient (Wildman–Crippen LogP) is 1.04. The first-order valence-electron chi connectivity index (χ1n) is 9.41. The number of aryl methyl sites for hydroxylation is 1. The van der Waals surface area contributed by atoms with Crippen molar-refractivity contribution in [3.63, 3.8) is 0 Å². The number of carbonyl (C=O) groups is 1. The molecule has 0 radical (unpaired) electrons. The summed E-state index contributed by atoms with van der Waals surface area (Å²) < 4.78 is 12.0. The number of aliphatic hydroxyl groups is 1. The van der Waals surface area contributed by atoms with E-state index in [9.17, 15) is 29.6 Å². The number of aromatic amines is 1. The molecule has 0 aliphatic carbocycles. The highest BCUT2D eigenvalue weighted by molar-refractivity contribution is 5.72. The Morgan fingerprint density at radius 3 is 2.67 bits per heavy atom. The van der Waals surface area contributed by atoms with Gasteiger partial charge in [0.25, 0.3) is 11.2 Å². The number of H-pyrrole nitrogens is 1. The van der Waals surface area contributed by atoms with E-state index in [0.29, 0.717) is 6.42 Å². The monoisotopic (exact) mass is 419 g/mol. The standard InChI is InChI=1S/C19H21N3O8/c1-2-15-14(23)9-16(30-15)21-10-11(18(25)20-19(21)26)3-8-17(24)29-13-6-4-12(5-7-13)22(27)28/h4-7,10,14-16,23H,2-3,8-9H2,1H3,(H,20,25,26)/t14?,15-,16-/m1/s1. The van der Waals surface area contributed by atoms with E-state index in [1.54, 1.807) is 0 Å². The summed E-state index contributed by atoms with van der Waals surface area (Å²) >= 11 is 0. The van der Waals surface area contributed by atoms with Crippen LogP contribution < -0.4 is 16.0 Å². The molecule has 3 atom stereocenters. The normalized spacial score (nSPS) is 20.8. The summed E-state index contributed by atoms with van der Waals surface area (Å²) in [6.07, 6.45) is 0.171. The Labute approximate surface area is 170 Å². The van der Waals surface area contributed by atoms with Crippen LogP contribution in [-0.2, 0) is 16.0 Å². The van der Waals surface area contributed by atoms with Crippen molar-refractivity contribution in [2.24, 2.45) is 0 Å². The number of non-ortho nitro benzene ring substituents is 1. The van der Waals surface area contributed by atoms with Crippen molar-refractivity contribution >= 4 is 11.7 Å². The van der Waals surface area contributed by atoms with Gasteiger partial charge in [0, 0.05) is 30.3 Å². The lowest BCUT2D eigenvalue weighted by Crippen LogP contribution is -2.34. The second-order valence-electron chi connectivity index (χ2n) is 6.89. The van der Waals surface area contributed by atoms with E-state index in [1.807, 2.05) is 6.92 Å². The molecule has 11 nitrogen and oxygen atoms in total. The zero-order valence-electron chi connectivity index (χ0n) is 16.1. The van der Waals surface area contributed by atoms with Crippen LogP contribution in [0.25, 0.3) is 0 Å². The third-order valence-electron chi connectivity index (χ3n) is 4.84. The summed E-state index contributed by atoms with van der Waals surface area (Å²) in [7, 11) is 0. The van der Waals surface area contributed by atoms with Gasteiger partial charge in [0.2, 0.25) is 0 Å². The van der Waals surface area contributed by atoms with Crippen LogP contribution in [0.1, 0.15) is 38.0 Å². The molecule has 1 aromatic heterocycles. The topological polar surface area (TPSA) is 154 Å². The first-order valence-corrected chi connectivity index (χ1v) is 9.41. The number of ether oxygens (including phenoxy) is 2. The van der Waals surface area contributed by atoms with Crippen molar-refractivity contribution in [2.45, 2.75) is 51.0 Å². The van der Waals surface area contributed by atoms with Gasteiger partial charge in [-0.2, -0.15) is 0 Å². The van der Waals surface area contributed by atoms with Crippen molar-refractivity contribution in [1.29, 1.82) is 0 Å². The first kappa shape index (κ1) is 21.4. The minimum Gasteiger partial charge on any atom is -0.427 e. The third-order valence-corrected chi connectivity index (χ3v) is 4.84. The molecular formula is C19H21N3O8. The van der Waals surface area contributed by atoms with E-state index >= 15 is 0 Å². The Balaban J connectivity index is 1.66. The average Bonchev–Trinajstić information content (AvgIpc) is 3.08. The maximum atomic E-state index is 12.1. The van der Waals surface area contributed by atoms with E-state index in [4.69, 9.17) is 9.47 Å². The van der Waals surface area contributed by atoms with Gasteiger partial charge in [-0.15, -0.1) is 0 Å². The van der Waals surface area contributed by atoms with Crippen LogP contribution in [-0.4, -0.2) is 37.8 Å². The Hall–Kier alpha value is -3.31. The van der Waals surface area contributed by atoms with Gasteiger partial charge >= 0.3 is 11.7 Å². The number of benzene rings is 1. The SMILES string of the molecule is CC[C@H]1O[C@@H](n2cc(CCC(=O)Oc3ccc([N+](=O)[O-])cc3)c(=O)[nH]c2=O)CC1O. The van der Waals surface area contributed by atoms with Gasteiger partial charge < -0.3 is 14.6 Å². The van der Waals surface area contributed by atoms with E-state index < -0.39 is 40.6 Å². The first-order chi connectivity index (χ1) is 14.3. The molecule has 1 aliphatic heterocycles. The number of aromatic nitrogens is 2. The van der Waals surface area contributed by atoms with Crippen molar-refractivity contribution < 1.29 is 24.3 Å². The molecule has 0 bridgehead atoms. The molecule has 0 spiro atoms. The van der Waals surface area contributed by atoms with Gasteiger partial charge in [0.1, 0.15) is 12.0 Å². The van der Waals surface area contributed by atoms with Crippen LogP contribution >= 0.6 is 0 Å². The molecule has 11 heteroatoms. The molecule has 1 aliphatic rings. The Morgan fingerprint density at radius 1 is 1.37 bits per heavy atom. The molecule has 0 amide bonds. The number of nitrogens with one attached hydrogen (secondary N) is 1. The van der Waals surface area contributed by atoms with E-state index in [-0.39, 0.29) is 36.3 Å². The van der Waals surface area contributed by atoms with Crippen LogP contribution in [0.2, 0.25) is 0 Å². The fourth-order valence-electron chi connectivity index (χ4n) is 3.23. The zero-order valence-corrected chi connectivity index (χ0v) is 16.1. The summed E-state index contributed by atoms with van der Waals surface area (Å²) in [6, 6.07) is 5.03. The Bertz CT molecular complexity index is 1040. The molecule has 1 saturated heterocycles. The molecular weight excluding hydrogens is 398 g/mol. The highest BCUT2D eigenvalue weighted by atomic mass is 16.6. The number of carbonyl (C=O) groups excluding carboxylic acids is 1. The van der Waals surface area contributed by atoms with Crippen molar-refractivity contribution in [1.82, 2.24) is 9.55 Å². The Kier molecular flexibility index (Phi) is 6.43. The van der Waals surface area contributed by atoms with Crippen molar-refractivity contribution in [3.8, 4) is 5.75 Å². The quantitative estimate of drug-likeness (QED) is 0.292. The molecule has 2 N–H and O–H groups in total. The van der Waals surface area contributed by atoms with Gasteiger partial charge in [0.05, 0.1) is 23.6 Å². The van der Waals surface area contributed by atoms with Gasteiger partial charge in [0.15, 0.2) is 0 Å². The largest absolute Gasteiger partial charge is 0.427 e. The number of hydrogen-bond donors (Lipinski definition) is 2. The van der Waals surface area contributed by atoms with Crippen LogP contribution in [0.15, 0.2) is 40.1 Å². The molecule has 1 fully saturated rings. The van der Waals surface area contributed by atoms with Crippen LogP contribution in [0.5, 0.6) is 5.75 Å². The minimum atomic E-state index is -0.709. The molecule has 2 heterocycles. The number of rotatable bonds is 7. The maximum absolute atomic E-state index is 12.1. The summed E-state index contributed by atoms with van der Waals surface area (Å²) in [5.41, 5.74) is -1.22. The summed E-state index contributed by atoms with van der Waals surface area (Å²) in [5, 5.41) is 20.6. The minimum absolute atomic E-state index is 0.00785. The summed E-state index contributed by atoms with van der Waals surface area (Å²) in [4.78, 5) is 48.6. The molecule has 3 rings (SSSR count). The highest BCUT2D eigenvalue weighted by Gasteiger charge is 2.34. The van der Waals surface area contributed by atoms with E-state index in [1.165, 1.54) is 35.0 Å². The predicted molar refractivity (Wildman–Crippen MR) is 103 cm³/mol. The molecule has 2 aromatic rings. The molecule has 0 saturated carbocycles. The fourth-order valence-corrected chi connectivity index (χ4v) is 3.23. The van der Waals surface area contributed by atoms with Gasteiger partial charge in [-0.05, 0) is 25.0 Å². The fraction of sp³-hybridized carbons (Fsp3) is 0.421. The van der Waals surface area contributed by atoms with Gasteiger partial charge in [-0.25, -0.2) is 4.79 Å². The van der Waals surface area contributed by atoms with Crippen molar-refractivity contribution in [2.75, 3.05) is 0 Å². The maximum Gasteiger partial charge on any atom is 0.330 e. The summed E-state index contributed by atoms with van der Waals surface area (Å²) in [6.45, 7) is 1.86. The lowest BCUT2D eigenvalue weighted by Gasteiger charge is -2.15. The molecule has 1 unspecified atom stereocenters. The lowest BCUT2D eigenvalue weighted by molar-refractivity contribution is -0.384. The number of nitro benzene ring substituents is 1. The van der Waals surface area contributed by atoms with E-state index in [0.717, 1.165) is 0 Å². The van der Waals surface area contributed by atoms with E-state index in [2.05, 4.69) is 4.98 Å². The van der Waals surface area contributed by atoms with Gasteiger partial charge in [-0.1, -0.05) is 6.92 Å². The molecule has 160 valence electrons. The number of esters is 1. The van der Waals surface area contributed by atoms with Crippen LogP contribution in [0, 0.1) is 10.1 Å².